The number of furan rings is 1. The Balaban J connectivity index is 1.71. The fourth-order valence-electron chi connectivity index (χ4n) is 3.52. The predicted molar refractivity (Wildman–Crippen MR) is 93.5 cm³/mol. The number of carbonyl (C=O) groups is 1. The van der Waals surface area contributed by atoms with Crippen molar-refractivity contribution in [1.29, 1.82) is 0 Å². The molecular weight excluding hydrogens is 318 g/mol. The molecule has 1 saturated heterocycles. The van der Waals surface area contributed by atoms with Crippen LogP contribution in [-0.2, 0) is 4.79 Å². The van der Waals surface area contributed by atoms with E-state index in [2.05, 4.69) is 10.1 Å². The Bertz CT molecular complexity index is 747. The molecule has 6 nitrogen and oxygen atoms in total. The fourth-order valence-corrected chi connectivity index (χ4v) is 3.52. The van der Waals surface area contributed by atoms with E-state index in [1.807, 2.05) is 45.6 Å². The van der Waals surface area contributed by atoms with Crippen molar-refractivity contribution in [1.82, 2.24) is 15.0 Å². The molecule has 1 aliphatic heterocycles. The fraction of sp³-hybridized carbons (Fsp3) is 0.632. The third kappa shape index (κ3) is 3.62. The summed E-state index contributed by atoms with van der Waals surface area (Å²) in [5, 5.41) is 4.14. The molecule has 0 radical (unpaired) electrons. The van der Waals surface area contributed by atoms with Gasteiger partial charge in [0.15, 0.2) is 5.82 Å². The molecule has 2 aromatic heterocycles. The van der Waals surface area contributed by atoms with E-state index in [1.165, 1.54) is 0 Å². The molecule has 1 fully saturated rings. The first-order valence-corrected chi connectivity index (χ1v) is 9.06. The number of rotatable bonds is 4. The van der Waals surface area contributed by atoms with Crippen LogP contribution in [-0.4, -0.2) is 34.0 Å². The topological polar surface area (TPSA) is 72.4 Å². The summed E-state index contributed by atoms with van der Waals surface area (Å²) in [6.45, 7) is 11.3. The summed E-state index contributed by atoms with van der Waals surface area (Å²) in [5.74, 6) is 3.36. The van der Waals surface area contributed by atoms with E-state index in [0.29, 0.717) is 12.4 Å². The summed E-state index contributed by atoms with van der Waals surface area (Å²) in [6.07, 6.45) is 1.94. The molecule has 0 bridgehead atoms. The zero-order valence-electron chi connectivity index (χ0n) is 15.7. The van der Waals surface area contributed by atoms with Gasteiger partial charge in [-0.2, -0.15) is 4.98 Å². The second-order valence-electron chi connectivity index (χ2n) is 7.36. The Labute approximate surface area is 148 Å². The van der Waals surface area contributed by atoms with Crippen LogP contribution in [0.2, 0.25) is 0 Å². The van der Waals surface area contributed by atoms with Gasteiger partial charge in [0.2, 0.25) is 11.8 Å². The zero-order valence-corrected chi connectivity index (χ0v) is 15.7. The molecule has 1 aliphatic rings. The number of aromatic nitrogens is 2. The zero-order chi connectivity index (χ0) is 18.1. The average molecular weight is 345 g/mol. The molecule has 0 spiro atoms. The number of amides is 1. The second kappa shape index (κ2) is 7.02. The molecule has 1 amide bonds. The summed E-state index contributed by atoms with van der Waals surface area (Å²) < 4.78 is 10.9. The molecule has 3 rings (SSSR count). The van der Waals surface area contributed by atoms with Crippen LogP contribution in [0.3, 0.4) is 0 Å². The van der Waals surface area contributed by atoms with Crippen molar-refractivity contribution in [3.8, 4) is 0 Å². The van der Waals surface area contributed by atoms with E-state index in [9.17, 15) is 4.79 Å². The number of carbonyl (C=O) groups excluding carboxylic acids is 1. The van der Waals surface area contributed by atoms with Gasteiger partial charge in [-0.15, -0.1) is 0 Å². The Hall–Kier alpha value is -2.11. The molecule has 136 valence electrons. The van der Waals surface area contributed by atoms with Crippen molar-refractivity contribution in [2.45, 2.75) is 65.2 Å². The Kier molecular flexibility index (Phi) is 4.97. The van der Waals surface area contributed by atoms with Crippen molar-refractivity contribution in [3.05, 3.63) is 34.9 Å². The van der Waals surface area contributed by atoms with E-state index in [0.717, 1.165) is 42.3 Å². The van der Waals surface area contributed by atoms with Crippen LogP contribution in [0, 0.1) is 13.8 Å². The highest BCUT2D eigenvalue weighted by Crippen LogP contribution is 2.30. The van der Waals surface area contributed by atoms with Gasteiger partial charge in [0.25, 0.3) is 0 Å². The number of piperidine rings is 1. The molecule has 0 N–H and O–H groups in total. The summed E-state index contributed by atoms with van der Waals surface area (Å²) in [7, 11) is 0. The summed E-state index contributed by atoms with van der Waals surface area (Å²) in [4.78, 5) is 19.4. The smallest absolute Gasteiger partial charge is 0.229 e. The third-order valence-corrected chi connectivity index (χ3v) is 4.97. The van der Waals surface area contributed by atoms with Crippen LogP contribution >= 0.6 is 0 Å². The Morgan fingerprint density at radius 2 is 2.08 bits per heavy atom. The monoisotopic (exact) mass is 345 g/mol. The minimum absolute atomic E-state index is 0.140. The SMILES string of the molecule is Cc1cc(C(C)C(=O)N2CCCC(c3noc(C(C)C)n3)C2)c(C)o1. The minimum Gasteiger partial charge on any atom is -0.466 e. The van der Waals surface area contributed by atoms with Crippen molar-refractivity contribution >= 4 is 5.91 Å². The second-order valence-corrected chi connectivity index (χ2v) is 7.36. The van der Waals surface area contributed by atoms with Gasteiger partial charge in [-0.05, 0) is 39.7 Å². The van der Waals surface area contributed by atoms with Crippen LogP contribution in [0.5, 0.6) is 0 Å². The Morgan fingerprint density at radius 3 is 2.68 bits per heavy atom. The molecule has 0 saturated carbocycles. The Morgan fingerprint density at radius 1 is 1.32 bits per heavy atom. The highest BCUT2D eigenvalue weighted by atomic mass is 16.5. The maximum absolute atomic E-state index is 13.0. The first kappa shape index (κ1) is 17.7. The minimum atomic E-state index is -0.201. The van der Waals surface area contributed by atoms with Crippen molar-refractivity contribution < 1.29 is 13.7 Å². The van der Waals surface area contributed by atoms with Crippen LogP contribution in [0.25, 0.3) is 0 Å². The van der Waals surface area contributed by atoms with Crippen molar-refractivity contribution in [2.75, 3.05) is 13.1 Å². The molecular formula is C19H27N3O3. The summed E-state index contributed by atoms with van der Waals surface area (Å²) in [5.41, 5.74) is 0.978. The molecule has 2 aromatic rings. The van der Waals surface area contributed by atoms with E-state index in [1.54, 1.807) is 0 Å². The van der Waals surface area contributed by atoms with Gasteiger partial charge < -0.3 is 13.8 Å². The molecule has 0 aliphatic carbocycles. The van der Waals surface area contributed by atoms with Crippen LogP contribution in [0.1, 0.15) is 80.2 Å². The van der Waals surface area contributed by atoms with Gasteiger partial charge in [-0.3, -0.25) is 4.79 Å². The van der Waals surface area contributed by atoms with Crippen molar-refractivity contribution in [3.63, 3.8) is 0 Å². The van der Waals surface area contributed by atoms with Gasteiger partial charge in [-0.1, -0.05) is 19.0 Å². The molecule has 2 unspecified atom stereocenters. The number of aryl methyl sites for hydroxylation is 2. The lowest BCUT2D eigenvalue weighted by Crippen LogP contribution is -2.41. The van der Waals surface area contributed by atoms with Crippen LogP contribution in [0.15, 0.2) is 15.0 Å². The average Bonchev–Trinajstić information content (AvgIpc) is 3.20. The first-order chi connectivity index (χ1) is 11.9. The lowest BCUT2D eigenvalue weighted by molar-refractivity contribution is -0.133. The summed E-state index contributed by atoms with van der Waals surface area (Å²) >= 11 is 0. The number of hydrogen-bond acceptors (Lipinski definition) is 5. The molecule has 6 heteroatoms. The van der Waals surface area contributed by atoms with Gasteiger partial charge in [0.05, 0.1) is 5.92 Å². The largest absolute Gasteiger partial charge is 0.466 e. The molecule has 0 aromatic carbocycles. The third-order valence-electron chi connectivity index (χ3n) is 4.97. The quantitative estimate of drug-likeness (QED) is 0.840. The maximum atomic E-state index is 13.0. The van der Waals surface area contributed by atoms with Gasteiger partial charge >= 0.3 is 0 Å². The predicted octanol–water partition coefficient (Wildman–Crippen LogP) is 3.91. The normalized spacial score (nSPS) is 19.4. The first-order valence-electron chi connectivity index (χ1n) is 9.06. The van der Waals surface area contributed by atoms with Gasteiger partial charge in [0, 0.05) is 30.5 Å². The number of likely N-dealkylation sites (tertiary alicyclic amines) is 1. The van der Waals surface area contributed by atoms with E-state index < -0.39 is 0 Å². The van der Waals surface area contributed by atoms with Crippen molar-refractivity contribution in [2.24, 2.45) is 0 Å². The lowest BCUT2D eigenvalue weighted by Gasteiger charge is -2.33. The van der Waals surface area contributed by atoms with Crippen LogP contribution < -0.4 is 0 Å². The number of hydrogen-bond donors (Lipinski definition) is 0. The van der Waals surface area contributed by atoms with Crippen LogP contribution in [0.4, 0.5) is 0 Å². The number of nitrogens with zero attached hydrogens (tertiary/aromatic N) is 3. The molecule has 25 heavy (non-hydrogen) atoms. The van der Waals surface area contributed by atoms with E-state index >= 15 is 0 Å². The summed E-state index contributed by atoms with van der Waals surface area (Å²) in [6, 6.07) is 1.97. The highest BCUT2D eigenvalue weighted by molar-refractivity contribution is 5.83. The lowest BCUT2D eigenvalue weighted by atomic mass is 9.94. The van der Waals surface area contributed by atoms with E-state index in [4.69, 9.17) is 8.94 Å². The van der Waals surface area contributed by atoms with E-state index in [-0.39, 0.29) is 23.7 Å². The van der Waals surface area contributed by atoms with Gasteiger partial charge in [0.1, 0.15) is 11.5 Å². The highest BCUT2D eigenvalue weighted by Gasteiger charge is 2.31. The molecule has 3 heterocycles. The van der Waals surface area contributed by atoms with Gasteiger partial charge in [-0.25, -0.2) is 0 Å². The maximum Gasteiger partial charge on any atom is 0.229 e. The molecule has 2 atom stereocenters. The standard InChI is InChI=1S/C19H27N3O3/c1-11(2)18-20-17(21-25-18)15-7-6-8-22(10-15)19(23)13(4)16-9-12(3)24-14(16)5/h9,11,13,15H,6-8,10H2,1-5H3.